The Bertz CT molecular complexity index is 852. The lowest BCUT2D eigenvalue weighted by Gasteiger charge is -2.35. The van der Waals surface area contributed by atoms with E-state index < -0.39 is 0 Å². The molecule has 0 bridgehead atoms. The van der Waals surface area contributed by atoms with Gasteiger partial charge in [-0.3, -0.25) is 4.99 Å². The van der Waals surface area contributed by atoms with Gasteiger partial charge in [0.1, 0.15) is 0 Å². The number of hydrogen-bond acceptors (Lipinski definition) is 5. The SMILES string of the molecule is CCOC(=O)N1CCN(C(=NC)NCc2ccc(-n3nc(C)cc3C)nc2)CC1. The zero-order chi connectivity index (χ0) is 20.8. The van der Waals surface area contributed by atoms with Gasteiger partial charge in [-0.2, -0.15) is 5.10 Å². The van der Waals surface area contributed by atoms with Crippen LogP contribution in [0, 0.1) is 13.8 Å². The Morgan fingerprint density at radius 3 is 2.48 bits per heavy atom. The monoisotopic (exact) mass is 399 g/mol. The third kappa shape index (κ3) is 5.04. The Hall–Kier alpha value is -3.10. The fraction of sp³-hybridized carbons (Fsp3) is 0.500. The lowest BCUT2D eigenvalue weighted by molar-refractivity contribution is 0.0914. The lowest BCUT2D eigenvalue weighted by atomic mass is 10.2. The van der Waals surface area contributed by atoms with E-state index in [2.05, 4.69) is 25.3 Å². The molecule has 29 heavy (non-hydrogen) atoms. The molecule has 9 nitrogen and oxygen atoms in total. The number of piperazine rings is 1. The van der Waals surface area contributed by atoms with Gasteiger partial charge >= 0.3 is 6.09 Å². The third-order valence-electron chi connectivity index (χ3n) is 4.80. The van der Waals surface area contributed by atoms with Gasteiger partial charge in [0.25, 0.3) is 0 Å². The van der Waals surface area contributed by atoms with Crippen LogP contribution >= 0.6 is 0 Å². The number of hydrogen-bond donors (Lipinski definition) is 1. The molecule has 3 heterocycles. The zero-order valence-electron chi connectivity index (χ0n) is 17.6. The Labute approximate surface area is 171 Å². The maximum Gasteiger partial charge on any atom is 0.409 e. The van der Waals surface area contributed by atoms with Crippen molar-refractivity contribution in [2.75, 3.05) is 39.8 Å². The van der Waals surface area contributed by atoms with Gasteiger partial charge in [-0.1, -0.05) is 6.07 Å². The minimum Gasteiger partial charge on any atom is -0.450 e. The molecule has 1 fully saturated rings. The summed E-state index contributed by atoms with van der Waals surface area (Å²) in [5.74, 6) is 1.62. The van der Waals surface area contributed by atoms with E-state index >= 15 is 0 Å². The van der Waals surface area contributed by atoms with Gasteiger partial charge in [0.05, 0.1) is 12.3 Å². The van der Waals surface area contributed by atoms with Crippen LogP contribution in [-0.4, -0.2) is 76.5 Å². The van der Waals surface area contributed by atoms with Crippen LogP contribution in [-0.2, 0) is 11.3 Å². The van der Waals surface area contributed by atoms with E-state index in [9.17, 15) is 4.79 Å². The number of aliphatic imine (C=N–C) groups is 1. The smallest absolute Gasteiger partial charge is 0.409 e. The molecule has 1 saturated heterocycles. The quantitative estimate of drug-likeness (QED) is 0.622. The van der Waals surface area contributed by atoms with Crippen molar-refractivity contribution in [2.24, 2.45) is 4.99 Å². The number of carbonyl (C=O) groups excluding carboxylic acids is 1. The molecule has 0 atom stereocenters. The van der Waals surface area contributed by atoms with Crippen LogP contribution in [0.4, 0.5) is 4.79 Å². The van der Waals surface area contributed by atoms with Crippen LogP contribution in [0.15, 0.2) is 29.4 Å². The van der Waals surface area contributed by atoms with Gasteiger partial charge in [0.15, 0.2) is 11.8 Å². The van der Waals surface area contributed by atoms with Crippen molar-refractivity contribution in [3.05, 3.63) is 41.3 Å². The molecule has 156 valence electrons. The van der Waals surface area contributed by atoms with Crippen molar-refractivity contribution >= 4 is 12.1 Å². The zero-order valence-corrected chi connectivity index (χ0v) is 17.6. The Kier molecular flexibility index (Phi) is 6.69. The molecule has 3 rings (SSSR count). The number of amides is 1. The second-order valence-electron chi connectivity index (χ2n) is 6.94. The van der Waals surface area contributed by atoms with Crippen LogP contribution in [0.25, 0.3) is 5.82 Å². The average molecular weight is 399 g/mol. The van der Waals surface area contributed by atoms with E-state index in [1.54, 1.807) is 11.9 Å². The summed E-state index contributed by atoms with van der Waals surface area (Å²) in [6.45, 7) is 9.50. The number of carbonyl (C=O) groups is 1. The fourth-order valence-corrected chi connectivity index (χ4v) is 3.34. The highest BCUT2D eigenvalue weighted by Crippen LogP contribution is 2.10. The second kappa shape index (κ2) is 9.40. The molecule has 1 amide bonds. The number of ether oxygens (including phenoxy) is 1. The molecule has 0 spiro atoms. The number of nitrogens with one attached hydrogen (secondary N) is 1. The second-order valence-corrected chi connectivity index (χ2v) is 6.94. The first-order valence-electron chi connectivity index (χ1n) is 9.87. The minimum atomic E-state index is -0.246. The largest absolute Gasteiger partial charge is 0.450 e. The molecule has 0 unspecified atom stereocenters. The number of rotatable bonds is 4. The van der Waals surface area contributed by atoms with Gasteiger partial charge in [-0.15, -0.1) is 0 Å². The molecule has 9 heteroatoms. The van der Waals surface area contributed by atoms with E-state index in [0.29, 0.717) is 39.3 Å². The summed E-state index contributed by atoms with van der Waals surface area (Å²) < 4.78 is 6.91. The van der Waals surface area contributed by atoms with Crippen molar-refractivity contribution in [3.63, 3.8) is 0 Å². The van der Waals surface area contributed by atoms with Crippen LogP contribution in [0.3, 0.4) is 0 Å². The van der Waals surface area contributed by atoms with Gasteiger partial charge in [0.2, 0.25) is 0 Å². The van der Waals surface area contributed by atoms with E-state index in [1.807, 2.05) is 49.8 Å². The number of aryl methyl sites for hydroxylation is 2. The maximum absolute atomic E-state index is 11.8. The number of nitrogens with zero attached hydrogens (tertiary/aromatic N) is 6. The standard InChI is InChI=1S/C20H29N7O2/c1-5-29-20(28)26-10-8-25(9-11-26)19(21-4)23-14-17-6-7-18(22-13-17)27-16(3)12-15(2)24-27/h6-7,12-13H,5,8-11,14H2,1-4H3,(H,21,23). The number of pyridine rings is 1. The molecular weight excluding hydrogens is 370 g/mol. The molecule has 1 aliphatic rings. The summed E-state index contributed by atoms with van der Waals surface area (Å²) in [5, 5.41) is 7.84. The fourth-order valence-electron chi connectivity index (χ4n) is 3.34. The summed E-state index contributed by atoms with van der Waals surface area (Å²) in [4.78, 5) is 24.6. The van der Waals surface area contributed by atoms with Crippen molar-refractivity contribution in [3.8, 4) is 5.82 Å². The predicted molar refractivity (Wildman–Crippen MR) is 111 cm³/mol. The first-order valence-corrected chi connectivity index (χ1v) is 9.87. The van der Waals surface area contributed by atoms with E-state index in [0.717, 1.165) is 28.7 Å². The van der Waals surface area contributed by atoms with Crippen molar-refractivity contribution in [2.45, 2.75) is 27.3 Å². The molecule has 1 N–H and O–H groups in total. The van der Waals surface area contributed by atoms with Gasteiger partial charge in [-0.05, 0) is 38.5 Å². The summed E-state index contributed by atoms with van der Waals surface area (Å²) in [6, 6.07) is 6.04. The molecular formula is C20H29N7O2. The Balaban J connectivity index is 1.53. The topological polar surface area (TPSA) is 87.9 Å². The number of aromatic nitrogens is 3. The molecule has 2 aromatic rings. The highest BCUT2D eigenvalue weighted by molar-refractivity contribution is 5.80. The maximum atomic E-state index is 11.8. The first-order chi connectivity index (χ1) is 14.0. The van der Waals surface area contributed by atoms with Crippen LogP contribution in [0.5, 0.6) is 0 Å². The highest BCUT2D eigenvalue weighted by atomic mass is 16.6. The highest BCUT2D eigenvalue weighted by Gasteiger charge is 2.23. The first kappa shape index (κ1) is 20.6. The Morgan fingerprint density at radius 1 is 1.21 bits per heavy atom. The predicted octanol–water partition coefficient (Wildman–Crippen LogP) is 1.73. The van der Waals surface area contributed by atoms with E-state index in [1.165, 1.54) is 0 Å². The van der Waals surface area contributed by atoms with E-state index in [-0.39, 0.29) is 6.09 Å². The summed E-state index contributed by atoms with van der Waals surface area (Å²) in [5.41, 5.74) is 3.09. The van der Waals surface area contributed by atoms with Crippen molar-refractivity contribution in [1.82, 2.24) is 29.9 Å². The van der Waals surface area contributed by atoms with Crippen molar-refractivity contribution < 1.29 is 9.53 Å². The lowest BCUT2D eigenvalue weighted by Crippen LogP contribution is -2.53. The van der Waals surface area contributed by atoms with Crippen LogP contribution in [0.1, 0.15) is 23.9 Å². The molecule has 0 aliphatic carbocycles. The van der Waals surface area contributed by atoms with Crippen LogP contribution < -0.4 is 5.32 Å². The average Bonchev–Trinajstić information content (AvgIpc) is 3.07. The molecule has 2 aromatic heterocycles. The minimum absolute atomic E-state index is 0.246. The van der Waals surface area contributed by atoms with Crippen LogP contribution in [0.2, 0.25) is 0 Å². The number of guanidine groups is 1. The van der Waals surface area contributed by atoms with Gasteiger partial charge in [-0.25, -0.2) is 14.5 Å². The summed E-state index contributed by atoms with van der Waals surface area (Å²) in [6.07, 6.45) is 1.61. The van der Waals surface area contributed by atoms with Gasteiger partial charge in [0, 0.05) is 51.7 Å². The van der Waals surface area contributed by atoms with Crippen molar-refractivity contribution in [1.29, 1.82) is 0 Å². The van der Waals surface area contributed by atoms with Gasteiger partial charge < -0.3 is 19.9 Å². The summed E-state index contributed by atoms with van der Waals surface area (Å²) >= 11 is 0. The Morgan fingerprint density at radius 2 is 1.93 bits per heavy atom. The normalized spacial score (nSPS) is 14.8. The molecule has 1 aliphatic heterocycles. The molecule has 0 aromatic carbocycles. The van der Waals surface area contributed by atoms with E-state index in [4.69, 9.17) is 4.74 Å². The molecule has 0 saturated carbocycles. The molecule has 0 radical (unpaired) electrons. The summed E-state index contributed by atoms with van der Waals surface area (Å²) in [7, 11) is 1.77. The third-order valence-corrected chi connectivity index (χ3v) is 4.80.